The van der Waals surface area contributed by atoms with Crippen molar-refractivity contribution in [3.8, 4) is 0 Å². The Hall–Kier alpha value is -2.08. The molecule has 1 amide bonds. The molecule has 1 saturated heterocycles. The number of hydrogen-bond acceptors (Lipinski definition) is 4. The van der Waals surface area contributed by atoms with Gasteiger partial charge in [0.2, 0.25) is 0 Å². The average Bonchev–Trinajstić information content (AvgIpc) is 2.54. The van der Waals surface area contributed by atoms with Crippen LogP contribution in [-0.4, -0.2) is 59.7 Å². The lowest BCUT2D eigenvalue weighted by molar-refractivity contribution is -0.146. The number of likely N-dealkylation sites (tertiary alicyclic amines) is 1. The van der Waals surface area contributed by atoms with Gasteiger partial charge in [0.05, 0.1) is 6.54 Å². The number of esters is 1. The van der Waals surface area contributed by atoms with E-state index in [1.54, 1.807) is 0 Å². The summed E-state index contributed by atoms with van der Waals surface area (Å²) < 4.78 is 5.26. The second-order valence-electron chi connectivity index (χ2n) is 5.56. The van der Waals surface area contributed by atoms with Gasteiger partial charge < -0.3 is 14.7 Å². The van der Waals surface area contributed by atoms with Crippen LogP contribution in [0.25, 0.3) is 0 Å². The minimum absolute atomic E-state index is 0.222. The highest BCUT2D eigenvalue weighted by Gasteiger charge is 2.26. The molecular weight excluding hydrogens is 284 g/mol. The molecule has 1 N–H and O–H groups in total. The highest BCUT2D eigenvalue weighted by Crippen LogP contribution is 2.15. The molecule has 0 aliphatic carbocycles. The van der Waals surface area contributed by atoms with E-state index in [1.165, 1.54) is 4.90 Å². The Morgan fingerprint density at radius 3 is 2.50 bits per heavy atom. The van der Waals surface area contributed by atoms with Crippen molar-refractivity contribution >= 4 is 12.1 Å². The molecule has 1 heterocycles. The van der Waals surface area contributed by atoms with E-state index in [2.05, 4.69) is 0 Å². The molecule has 0 unspecified atom stereocenters. The van der Waals surface area contributed by atoms with E-state index in [4.69, 9.17) is 9.84 Å². The summed E-state index contributed by atoms with van der Waals surface area (Å²) in [6, 6.07) is 9.79. The normalized spacial score (nSPS) is 15.8. The minimum Gasteiger partial charge on any atom is -0.465 e. The number of carbonyl (C=O) groups excluding carboxylic acids is 1. The molecule has 1 aliphatic rings. The molecule has 120 valence electrons. The van der Waals surface area contributed by atoms with E-state index < -0.39 is 6.09 Å². The zero-order chi connectivity index (χ0) is 15.9. The number of benzene rings is 1. The molecule has 0 aromatic heterocycles. The van der Waals surface area contributed by atoms with E-state index in [-0.39, 0.29) is 25.2 Å². The SMILES string of the molecule is CN(CC(=O)OCc1ccccc1)C1CCN(C(=O)O)CC1. The molecule has 6 heteroatoms. The monoisotopic (exact) mass is 306 g/mol. The van der Waals surface area contributed by atoms with Gasteiger partial charge in [-0.1, -0.05) is 30.3 Å². The van der Waals surface area contributed by atoms with Crippen LogP contribution < -0.4 is 0 Å². The zero-order valence-electron chi connectivity index (χ0n) is 12.8. The summed E-state index contributed by atoms with van der Waals surface area (Å²) in [5, 5.41) is 8.92. The van der Waals surface area contributed by atoms with Crippen LogP contribution in [0.2, 0.25) is 0 Å². The molecule has 0 bridgehead atoms. The molecule has 22 heavy (non-hydrogen) atoms. The molecule has 0 radical (unpaired) electrons. The molecule has 0 atom stereocenters. The summed E-state index contributed by atoms with van der Waals surface area (Å²) >= 11 is 0. The molecule has 0 spiro atoms. The Morgan fingerprint density at radius 2 is 1.91 bits per heavy atom. The maximum atomic E-state index is 11.9. The number of carbonyl (C=O) groups is 2. The molecular formula is C16H22N2O4. The van der Waals surface area contributed by atoms with Crippen molar-refractivity contribution in [3.05, 3.63) is 35.9 Å². The van der Waals surface area contributed by atoms with Gasteiger partial charge in [-0.05, 0) is 25.5 Å². The van der Waals surface area contributed by atoms with Crippen LogP contribution in [0.15, 0.2) is 30.3 Å². The van der Waals surface area contributed by atoms with Gasteiger partial charge in [-0.15, -0.1) is 0 Å². The molecule has 1 fully saturated rings. The van der Waals surface area contributed by atoms with Crippen molar-refractivity contribution in [2.24, 2.45) is 0 Å². The third kappa shape index (κ3) is 4.73. The van der Waals surface area contributed by atoms with Crippen LogP contribution in [0.4, 0.5) is 4.79 Å². The summed E-state index contributed by atoms with van der Waals surface area (Å²) in [6.07, 6.45) is 0.618. The Morgan fingerprint density at radius 1 is 1.27 bits per heavy atom. The number of ether oxygens (including phenoxy) is 1. The van der Waals surface area contributed by atoms with Gasteiger partial charge in [-0.2, -0.15) is 0 Å². The maximum Gasteiger partial charge on any atom is 0.407 e. The number of rotatable bonds is 5. The second kappa shape index (κ2) is 7.79. The van der Waals surface area contributed by atoms with Crippen LogP contribution in [0, 0.1) is 0 Å². The standard InChI is InChI=1S/C16H22N2O4/c1-17(14-7-9-18(10-8-14)16(20)21)11-15(19)22-12-13-5-3-2-4-6-13/h2-6,14H,7-12H2,1H3,(H,20,21). The van der Waals surface area contributed by atoms with E-state index >= 15 is 0 Å². The van der Waals surface area contributed by atoms with Crippen LogP contribution in [0.3, 0.4) is 0 Å². The maximum absolute atomic E-state index is 11.9. The largest absolute Gasteiger partial charge is 0.465 e. The van der Waals surface area contributed by atoms with Gasteiger partial charge in [-0.25, -0.2) is 4.79 Å². The zero-order valence-corrected chi connectivity index (χ0v) is 12.8. The first-order valence-electron chi connectivity index (χ1n) is 7.44. The first-order chi connectivity index (χ1) is 10.6. The fraction of sp³-hybridized carbons (Fsp3) is 0.500. The number of likely N-dealkylation sites (N-methyl/N-ethyl adjacent to an activating group) is 1. The van der Waals surface area contributed by atoms with E-state index in [1.807, 2.05) is 42.3 Å². The predicted octanol–water partition coefficient (Wildman–Crippen LogP) is 1.80. The van der Waals surface area contributed by atoms with E-state index in [0.29, 0.717) is 13.1 Å². The summed E-state index contributed by atoms with van der Waals surface area (Å²) in [6.45, 7) is 1.54. The Labute approximate surface area is 130 Å². The molecule has 0 saturated carbocycles. The number of amides is 1. The van der Waals surface area contributed by atoms with Gasteiger partial charge in [0, 0.05) is 19.1 Å². The summed E-state index contributed by atoms with van der Waals surface area (Å²) in [5.74, 6) is -0.257. The Bertz CT molecular complexity index is 498. The first-order valence-corrected chi connectivity index (χ1v) is 7.44. The Kier molecular flexibility index (Phi) is 5.77. The van der Waals surface area contributed by atoms with E-state index in [9.17, 15) is 9.59 Å². The predicted molar refractivity (Wildman–Crippen MR) is 81.5 cm³/mol. The van der Waals surface area contributed by atoms with Crippen LogP contribution in [0.5, 0.6) is 0 Å². The lowest BCUT2D eigenvalue weighted by Gasteiger charge is -2.35. The second-order valence-corrected chi connectivity index (χ2v) is 5.56. The molecule has 6 nitrogen and oxygen atoms in total. The Balaban J connectivity index is 1.71. The van der Waals surface area contributed by atoms with Gasteiger partial charge >= 0.3 is 12.1 Å². The third-order valence-corrected chi connectivity index (χ3v) is 3.98. The van der Waals surface area contributed by atoms with Crippen molar-refractivity contribution < 1.29 is 19.4 Å². The average molecular weight is 306 g/mol. The third-order valence-electron chi connectivity index (χ3n) is 3.98. The van der Waals surface area contributed by atoms with Crippen molar-refractivity contribution in [3.63, 3.8) is 0 Å². The number of carboxylic acid groups (broad SMARTS) is 1. The van der Waals surface area contributed by atoms with Gasteiger partial charge in [0.1, 0.15) is 6.61 Å². The molecule has 2 rings (SSSR count). The van der Waals surface area contributed by atoms with Gasteiger partial charge in [0.15, 0.2) is 0 Å². The number of nitrogens with zero attached hydrogens (tertiary/aromatic N) is 2. The fourth-order valence-corrected chi connectivity index (χ4v) is 2.61. The van der Waals surface area contributed by atoms with Crippen LogP contribution in [-0.2, 0) is 16.1 Å². The summed E-state index contributed by atoms with van der Waals surface area (Å²) in [7, 11) is 1.88. The lowest BCUT2D eigenvalue weighted by atomic mass is 10.0. The van der Waals surface area contributed by atoms with Crippen molar-refractivity contribution in [1.29, 1.82) is 0 Å². The summed E-state index contributed by atoms with van der Waals surface area (Å²) in [4.78, 5) is 26.1. The molecule has 1 aromatic carbocycles. The molecule has 1 aliphatic heterocycles. The lowest BCUT2D eigenvalue weighted by Crippen LogP contribution is -2.46. The van der Waals surface area contributed by atoms with Crippen LogP contribution >= 0.6 is 0 Å². The van der Waals surface area contributed by atoms with Crippen molar-refractivity contribution in [2.45, 2.75) is 25.5 Å². The number of piperidine rings is 1. The highest BCUT2D eigenvalue weighted by molar-refractivity contribution is 5.71. The summed E-state index contributed by atoms with van der Waals surface area (Å²) in [5.41, 5.74) is 0.966. The van der Waals surface area contributed by atoms with E-state index in [0.717, 1.165) is 18.4 Å². The quantitative estimate of drug-likeness (QED) is 0.840. The van der Waals surface area contributed by atoms with Gasteiger partial charge in [-0.3, -0.25) is 9.69 Å². The number of hydrogen-bond donors (Lipinski definition) is 1. The smallest absolute Gasteiger partial charge is 0.407 e. The van der Waals surface area contributed by atoms with Gasteiger partial charge in [0.25, 0.3) is 0 Å². The first kappa shape index (κ1) is 16.3. The minimum atomic E-state index is -0.872. The highest BCUT2D eigenvalue weighted by atomic mass is 16.5. The molecule has 1 aromatic rings. The topological polar surface area (TPSA) is 70.1 Å². The van der Waals surface area contributed by atoms with Crippen molar-refractivity contribution in [1.82, 2.24) is 9.80 Å². The fourth-order valence-electron chi connectivity index (χ4n) is 2.61. The van der Waals surface area contributed by atoms with Crippen molar-refractivity contribution in [2.75, 3.05) is 26.7 Å². The van der Waals surface area contributed by atoms with Crippen LogP contribution in [0.1, 0.15) is 18.4 Å².